The average Bonchev–Trinajstić information content (AvgIpc) is 3.17. The second kappa shape index (κ2) is 8.37. The number of nitrogens with zero attached hydrogens (tertiary/aromatic N) is 2. The molecule has 3 aromatic rings. The lowest BCUT2D eigenvalue weighted by molar-refractivity contribution is -0.133. The molecule has 1 unspecified atom stereocenters. The van der Waals surface area contributed by atoms with Crippen LogP contribution in [0.15, 0.2) is 53.4 Å². The number of carbonyl (C=O) groups excluding carboxylic acids is 1. The molecule has 1 amide bonds. The van der Waals surface area contributed by atoms with Gasteiger partial charge in [-0.1, -0.05) is 23.7 Å². The van der Waals surface area contributed by atoms with Crippen LogP contribution in [0.4, 0.5) is 0 Å². The number of fused-ring (bicyclic) bond motifs is 1. The Kier molecular flexibility index (Phi) is 5.81. The molecule has 7 nitrogen and oxygen atoms in total. The Labute approximate surface area is 180 Å². The van der Waals surface area contributed by atoms with E-state index in [2.05, 4.69) is 14.7 Å². The van der Waals surface area contributed by atoms with E-state index >= 15 is 0 Å². The molecule has 1 aliphatic rings. The summed E-state index contributed by atoms with van der Waals surface area (Å²) in [7, 11) is -3.82. The van der Waals surface area contributed by atoms with Gasteiger partial charge in [-0.3, -0.25) is 4.79 Å². The highest BCUT2D eigenvalue weighted by atomic mass is 35.5. The van der Waals surface area contributed by atoms with E-state index in [1.54, 1.807) is 11.8 Å². The van der Waals surface area contributed by atoms with Gasteiger partial charge >= 0.3 is 0 Å². The van der Waals surface area contributed by atoms with Gasteiger partial charge in [-0.15, -0.1) is 0 Å². The molecular weight excluding hydrogens is 424 g/mol. The molecule has 2 N–H and O–H groups in total. The first-order valence-corrected chi connectivity index (χ1v) is 11.7. The summed E-state index contributed by atoms with van der Waals surface area (Å²) in [5.41, 5.74) is 1.88. The lowest BCUT2D eigenvalue weighted by atomic mass is 9.97. The SMILES string of the molecule is C[C@H](NS(=O)(=O)c1ccc(Cl)cc1)C(=O)N1CCCC(c2nc3ccccc3[nH]2)C1. The number of sulfonamides is 1. The first kappa shape index (κ1) is 20.8. The van der Waals surface area contributed by atoms with Gasteiger partial charge in [0.2, 0.25) is 15.9 Å². The molecule has 0 saturated carbocycles. The van der Waals surface area contributed by atoms with Crippen LogP contribution in [0.1, 0.15) is 31.5 Å². The number of likely N-dealkylation sites (tertiary alicyclic amines) is 1. The molecule has 1 fully saturated rings. The third kappa shape index (κ3) is 4.35. The largest absolute Gasteiger partial charge is 0.342 e. The number of carbonyl (C=O) groups is 1. The van der Waals surface area contributed by atoms with Gasteiger partial charge in [0.05, 0.1) is 22.0 Å². The smallest absolute Gasteiger partial charge is 0.241 e. The van der Waals surface area contributed by atoms with E-state index < -0.39 is 16.1 Å². The Hall–Kier alpha value is -2.42. The van der Waals surface area contributed by atoms with Crippen LogP contribution in [0.25, 0.3) is 11.0 Å². The third-order valence-electron chi connectivity index (χ3n) is 5.35. The zero-order chi connectivity index (χ0) is 21.3. The first-order valence-electron chi connectivity index (χ1n) is 9.85. The fourth-order valence-electron chi connectivity index (χ4n) is 3.81. The van der Waals surface area contributed by atoms with E-state index in [4.69, 9.17) is 11.6 Å². The maximum absolute atomic E-state index is 13.0. The molecule has 2 aromatic carbocycles. The zero-order valence-electron chi connectivity index (χ0n) is 16.5. The van der Waals surface area contributed by atoms with Crippen molar-refractivity contribution >= 4 is 38.6 Å². The Morgan fingerprint density at radius 3 is 2.70 bits per heavy atom. The van der Waals surface area contributed by atoms with E-state index in [1.165, 1.54) is 24.3 Å². The molecule has 0 bridgehead atoms. The summed E-state index contributed by atoms with van der Waals surface area (Å²) in [5, 5.41) is 0.447. The average molecular weight is 447 g/mol. The van der Waals surface area contributed by atoms with Crippen molar-refractivity contribution in [3.8, 4) is 0 Å². The Bertz CT molecular complexity index is 1130. The second-order valence-electron chi connectivity index (χ2n) is 7.56. The molecule has 1 aliphatic heterocycles. The van der Waals surface area contributed by atoms with Crippen LogP contribution in [0.3, 0.4) is 0 Å². The minimum atomic E-state index is -3.82. The first-order chi connectivity index (χ1) is 14.3. The molecule has 4 rings (SSSR count). The van der Waals surface area contributed by atoms with E-state index in [0.29, 0.717) is 18.1 Å². The van der Waals surface area contributed by atoms with Crippen LogP contribution in [-0.2, 0) is 14.8 Å². The number of piperidine rings is 1. The molecule has 0 spiro atoms. The van der Waals surface area contributed by atoms with Crippen molar-refractivity contribution < 1.29 is 13.2 Å². The standard InChI is InChI=1S/C21H23ClN4O3S/c1-14(25-30(28,29)17-10-8-16(22)9-11-17)21(27)26-12-4-5-15(13-26)20-23-18-6-2-3-7-19(18)24-20/h2-3,6-11,14-15,25H,4-5,12-13H2,1H3,(H,23,24)/t14-,15?/m0/s1. The number of rotatable bonds is 5. The van der Waals surface area contributed by atoms with Crippen molar-refractivity contribution in [2.45, 2.75) is 36.6 Å². The Morgan fingerprint density at radius 2 is 1.97 bits per heavy atom. The fraction of sp³-hybridized carbons (Fsp3) is 0.333. The van der Waals surface area contributed by atoms with Crippen LogP contribution in [0.2, 0.25) is 5.02 Å². The highest BCUT2D eigenvalue weighted by Crippen LogP contribution is 2.27. The highest BCUT2D eigenvalue weighted by molar-refractivity contribution is 7.89. The minimum absolute atomic E-state index is 0.0744. The van der Waals surface area contributed by atoms with Gasteiger partial charge in [0.25, 0.3) is 0 Å². The van der Waals surface area contributed by atoms with E-state index in [0.717, 1.165) is 29.7 Å². The topological polar surface area (TPSA) is 95.2 Å². The minimum Gasteiger partial charge on any atom is -0.342 e. The molecule has 158 valence electrons. The van der Waals surface area contributed by atoms with Crippen molar-refractivity contribution in [1.29, 1.82) is 0 Å². The lowest BCUT2D eigenvalue weighted by Gasteiger charge is -2.33. The number of amides is 1. The summed E-state index contributed by atoms with van der Waals surface area (Å²) in [6, 6.07) is 12.8. The molecular formula is C21H23ClN4O3S. The summed E-state index contributed by atoms with van der Waals surface area (Å²) in [4.78, 5) is 22.8. The van der Waals surface area contributed by atoms with Crippen LogP contribution in [0.5, 0.6) is 0 Å². The molecule has 30 heavy (non-hydrogen) atoms. The van der Waals surface area contributed by atoms with Crippen molar-refractivity contribution in [1.82, 2.24) is 19.6 Å². The van der Waals surface area contributed by atoms with Crippen molar-refractivity contribution in [2.24, 2.45) is 0 Å². The highest BCUT2D eigenvalue weighted by Gasteiger charge is 2.31. The predicted octanol–water partition coefficient (Wildman–Crippen LogP) is 3.29. The van der Waals surface area contributed by atoms with E-state index in [-0.39, 0.29) is 16.7 Å². The van der Waals surface area contributed by atoms with Crippen molar-refractivity contribution in [3.63, 3.8) is 0 Å². The summed E-state index contributed by atoms with van der Waals surface area (Å²) in [6.07, 6.45) is 1.76. The summed E-state index contributed by atoms with van der Waals surface area (Å²) in [5.74, 6) is 0.714. The quantitative estimate of drug-likeness (QED) is 0.628. The van der Waals surface area contributed by atoms with Gasteiger partial charge in [-0.2, -0.15) is 4.72 Å². The molecule has 1 saturated heterocycles. The number of hydrogen-bond acceptors (Lipinski definition) is 4. The number of hydrogen-bond donors (Lipinski definition) is 2. The van der Waals surface area contributed by atoms with Crippen LogP contribution in [-0.4, -0.2) is 48.3 Å². The van der Waals surface area contributed by atoms with E-state index in [9.17, 15) is 13.2 Å². The monoisotopic (exact) mass is 446 g/mol. The number of aromatic amines is 1. The van der Waals surface area contributed by atoms with Gasteiger partial charge in [0, 0.05) is 24.0 Å². The number of H-pyrrole nitrogens is 1. The molecule has 9 heteroatoms. The molecule has 0 aliphatic carbocycles. The Balaban J connectivity index is 1.45. The number of para-hydroxylation sites is 2. The van der Waals surface area contributed by atoms with E-state index in [1.807, 2.05) is 24.3 Å². The summed E-state index contributed by atoms with van der Waals surface area (Å²) < 4.78 is 27.7. The summed E-state index contributed by atoms with van der Waals surface area (Å²) >= 11 is 5.83. The number of halogens is 1. The van der Waals surface area contributed by atoms with Gasteiger partial charge in [0.15, 0.2) is 0 Å². The maximum atomic E-state index is 13.0. The molecule has 0 radical (unpaired) electrons. The molecule has 1 aromatic heterocycles. The van der Waals surface area contributed by atoms with Crippen molar-refractivity contribution in [3.05, 3.63) is 59.4 Å². The number of benzene rings is 2. The van der Waals surface area contributed by atoms with Gasteiger partial charge < -0.3 is 9.88 Å². The fourth-order valence-corrected chi connectivity index (χ4v) is 5.13. The number of nitrogens with one attached hydrogen (secondary N) is 2. The summed E-state index contributed by atoms with van der Waals surface area (Å²) in [6.45, 7) is 2.68. The van der Waals surface area contributed by atoms with Gasteiger partial charge in [-0.25, -0.2) is 13.4 Å². The molecule has 2 atom stereocenters. The normalized spacial score (nSPS) is 18.5. The van der Waals surface area contributed by atoms with Gasteiger partial charge in [0.1, 0.15) is 5.82 Å². The lowest BCUT2D eigenvalue weighted by Crippen LogP contribution is -2.49. The maximum Gasteiger partial charge on any atom is 0.241 e. The van der Waals surface area contributed by atoms with Crippen molar-refractivity contribution in [2.75, 3.05) is 13.1 Å². The zero-order valence-corrected chi connectivity index (χ0v) is 18.1. The Morgan fingerprint density at radius 1 is 1.23 bits per heavy atom. The van der Waals surface area contributed by atoms with Crippen LogP contribution in [0, 0.1) is 0 Å². The number of imidazole rings is 1. The number of aromatic nitrogens is 2. The van der Waals surface area contributed by atoms with Crippen LogP contribution < -0.4 is 4.72 Å². The third-order valence-corrected chi connectivity index (χ3v) is 7.16. The van der Waals surface area contributed by atoms with Crippen LogP contribution >= 0.6 is 11.6 Å². The van der Waals surface area contributed by atoms with Gasteiger partial charge in [-0.05, 0) is 56.2 Å². The second-order valence-corrected chi connectivity index (χ2v) is 9.71. The predicted molar refractivity (Wildman–Crippen MR) is 116 cm³/mol. The molecule has 2 heterocycles.